The van der Waals surface area contributed by atoms with Gasteiger partial charge in [-0.15, -0.1) is 11.3 Å². The van der Waals surface area contributed by atoms with Crippen LogP contribution in [0.25, 0.3) is 0 Å². The third kappa shape index (κ3) is 3.83. The lowest BCUT2D eigenvalue weighted by atomic mass is 10.1. The number of thiophene rings is 1. The smallest absolute Gasteiger partial charge is 0.122 e. The van der Waals surface area contributed by atoms with Crippen molar-refractivity contribution in [1.29, 1.82) is 5.26 Å². The number of benzene rings is 1. The van der Waals surface area contributed by atoms with Crippen molar-refractivity contribution < 1.29 is 4.74 Å². The van der Waals surface area contributed by atoms with Gasteiger partial charge in [0.05, 0.1) is 12.7 Å². The number of hydrogen-bond acceptors (Lipinski definition) is 4. The fourth-order valence-electron chi connectivity index (χ4n) is 2.08. The van der Waals surface area contributed by atoms with E-state index in [2.05, 4.69) is 24.4 Å². The van der Waals surface area contributed by atoms with Crippen LogP contribution in [0.3, 0.4) is 0 Å². The molecule has 0 bridgehead atoms. The maximum Gasteiger partial charge on any atom is 0.122 e. The Bertz CT molecular complexity index is 601. The molecule has 4 heteroatoms. The Kier molecular flexibility index (Phi) is 5.16. The Balaban J connectivity index is 1.89. The first-order valence-electron chi connectivity index (χ1n) is 6.55. The van der Waals surface area contributed by atoms with Gasteiger partial charge in [0.25, 0.3) is 0 Å². The summed E-state index contributed by atoms with van der Waals surface area (Å²) < 4.78 is 5.37. The zero-order chi connectivity index (χ0) is 14.4. The summed E-state index contributed by atoms with van der Waals surface area (Å²) >= 11 is 1.62. The molecule has 2 rings (SSSR count). The molecule has 1 aromatic carbocycles. The fourth-order valence-corrected chi connectivity index (χ4v) is 2.84. The number of methoxy groups -OCH3 is 1. The topological polar surface area (TPSA) is 45.0 Å². The molecule has 1 N–H and O–H groups in total. The molecule has 0 spiro atoms. The Morgan fingerprint density at radius 2 is 2.20 bits per heavy atom. The van der Waals surface area contributed by atoms with Gasteiger partial charge in [0.2, 0.25) is 0 Å². The van der Waals surface area contributed by atoms with E-state index >= 15 is 0 Å². The second kappa shape index (κ2) is 7.09. The highest BCUT2D eigenvalue weighted by Crippen LogP contribution is 2.19. The van der Waals surface area contributed by atoms with Gasteiger partial charge in [-0.2, -0.15) is 5.26 Å². The van der Waals surface area contributed by atoms with E-state index < -0.39 is 0 Å². The van der Waals surface area contributed by atoms with Crippen molar-refractivity contribution in [2.24, 2.45) is 0 Å². The molecule has 0 saturated heterocycles. The van der Waals surface area contributed by atoms with Crippen molar-refractivity contribution in [2.75, 3.05) is 7.11 Å². The van der Waals surface area contributed by atoms with Crippen molar-refractivity contribution in [3.05, 3.63) is 51.7 Å². The Morgan fingerprint density at radius 3 is 2.90 bits per heavy atom. The molecule has 0 amide bonds. The van der Waals surface area contributed by atoms with Crippen LogP contribution in [0, 0.1) is 11.3 Å². The Labute approximate surface area is 123 Å². The zero-order valence-electron chi connectivity index (χ0n) is 11.7. The Hall–Kier alpha value is -1.83. The second-order valence-electron chi connectivity index (χ2n) is 4.71. The first-order valence-corrected chi connectivity index (χ1v) is 7.43. The highest BCUT2D eigenvalue weighted by Gasteiger charge is 2.08. The molecule has 2 aromatic rings. The summed E-state index contributed by atoms with van der Waals surface area (Å²) in [5.41, 5.74) is 1.95. The van der Waals surface area contributed by atoms with Gasteiger partial charge < -0.3 is 10.1 Å². The third-order valence-electron chi connectivity index (χ3n) is 3.13. The van der Waals surface area contributed by atoms with Gasteiger partial charge in [0, 0.05) is 22.8 Å². The molecule has 1 aromatic heterocycles. The zero-order valence-corrected chi connectivity index (χ0v) is 12.5. The van der Waals surface area contributed by atoms with Crippen molar-refractivity contribution in [2.45, 2.75) is 25.9 Å². The van der Waals surface area contributed by atoms with Crippen molar-refractivity contribution >= 4 is 11.3 Å². The van der Waals surface area contributed by atoms with E-state index in [9.17, 15) is 0 Å². The normalized spacial score (nSPS) is 11.8. The van der Waals surface area contributed by atoms with E-state index in [1.54, 1.807) is 18.4 Å². The standard InChI is InChI=1S/C16H18N2OS/c1-12(7-14-5-3-4-6-16(14)19-2)18-10-15-8-13(9-17)11-20-15/h3-6,8,11-12,18H,7,10H2,1-2H3. The maximum atomic E-state index is 8.80. The quantitative estimate of drug-likeness (QED) is 0.885. The molecular formula is C16H18N2OS. The summed E-state index contributed by atoms with van der Waals surface area (Å²) in [6.07, 6.45) is 0.917. The van der Waals surface area contributed by atoms with Crippen LogP contribution in [0.15, 0.2) is 35.7 Å². The molecule has 3 nitrogen and oxygen atoms in total. The van der Waals surface area contributed by atoms with E-state index in [0.29, 0.717) is 6.04 Å². The summed E-state index contributed by atoms with van der Waals surface area (Å²) in [4.78, 5) is 1.19. The minimum absolute atomic E-state index is 0.346. The van der Waals surface area contributed by atoms with Gasteiger partial charge in [-0.05, 0) is 31.0 Å². The van der Waals surface area contributed by atoms with Crippen LogP contribution in [0.5, 0.6) is 5.75 Å². The number of rotatable bonds is 6. The molecule has 0 radical (unpaired) electrons. The molecule has 0 aliphatic rings. The largest absolute Gasteiger partial charge is 0.496 e. The van der Waals surface area contributed by atoms with Gasteiger partial charge in [-0.25, -0.2) is 0 Å². The molecule has 20 heavy (non-hydrogen) atoms. The predicted molar refractivity (Wildman–Crippen MR) is 82.0 cm³/mol. The summed E-state index contributed by atoms with van der Waals surface area (Å²) in [6.45, 7) is 2.95. The molecule has 0 saturated carbocycles. The number of para-hydroxylation sites is 1. The van der Waals surface area contributed by atoms with Crippen LogP contribution in [0.4, 0.5) is 0 Å². The van der Waals surface area contributed by atoms with Gasteiger partial charge in [-0.1, -0.05) is 18.2 Å². The summed E-state index contributed by atoms with van der Waals surface area (Å²) in [6, 6.07) is 12.5. The third-order valence-corrected chi connectivity index (χ3v) is 4.06. The number of nitriles is 1. The van der Waals surface area contributed by atoms with Crippen LogP contribution in [-0.4, -0.2) is 13.2 Å². The average Bonchev–Trinajstić information content (AvgIpc) is 2.94. The molecule has 1 unspecified atom stereocenters. The van der Waals surface area contributed by atoms with Crippen molar-refractivity contribution in [3.63, 3.8) is 0 Å². The lowest BCUT2D eigenvalue weighted by molar-refractivity contribution is 0.406. The monoisotopic (exact) mass is 286 g/mol. The second-order valence-corrected chi connectivity index (χ2v) is 5.71. The molecule has 1 heterocycles. The number of ether oxygens (including phenoxy) is 1. The van der Waals surface area contributed by atoms with Gasteiger partial charge in [0.15, 0.2) is 0 Å². The average molecular weight is 286 g/mol. The van der Waals surface area contributed by atoms with Crippen molar-refractivity contribution in [1.82, 2.24) is 5.32 Å². The van der Waals surface area contributed by atoms with Crippen molar-refractivity contribution in [3.8, 4) is 11.8 Å². The van der Waals surface area contributed by atoms with Gasteiger partial charge in [-0.3, -0.25) is 0 Å². The highest BCUT2D eigenvalue weighted by atomic mass is 32.1. The maximum absolute atomic E-state index is 8.80. The van der Waals surface area contributed by atoms with Crippen LogP contribution in [-0.2, 0) is 13.0 Å². The first kappa shape index (κ1) is 14.6. The minimum atomic E-state index is 0.346. The van der Waals surface area contributed by atoms with Crippen LogP contribution in [0.2, 0.25) is 0 Å². The van der Waals surface area contributed by atoms with Gasteiger partial charge >= 0.3 is 0 Å². The first-order chi connectivity index (χ1) is 9.72. The molecule has 104 valence electrons. The Morgan fingerprint density at radius 1 is 1.40 bits per heavy atom. The van der Waals surface area contributed by atoms with E-state index in [-0.39, 0.29) is 0 Å². The number of nitrogens with zero attached hydrogens (tertiary/aromatic N) is 1. The van der Waals surface area contributed by atoms with E-state index in [1.807, 2.05) is 29.6 Å². The number of hydrogen-bond donors (Lipinski definition) is 1. The van der Waals surface area contributed by atoms with E-state index in [0.717, 1.165) is 24.3 Å². The molecule has 0 fully saturated rings. The molecule has 0 aliphatic carbocycles. The van der Waals surface area contributed by atoms with E-state index in [4.69, 9.17) is 10.00 Å². The molecule has 1 atom stereocenters. The fraction of sp³-hybridized carbons (Fsp3) is 0.312. The van der Waals surface area contributed by atoms with Crippen LogP contribution in [0.1, 0.15) is 22.9 Å². The van der Waals surface area contributed by atoms with E-state index in [1.165, 1.54) is 10.4 Å². The lowest BCUT2D eigenvalue weighted by Gasteiger charge is -2.15. The predicted octanol–water partition coefficient (Wildman–Crippen LogP) is 3.35. The van der Waals surface area contributed by atoms with Crippen LogP contribution < -0.4 is 10.1 Å². The summed E-state index contributed by atoms with van der Waals surface area (Å²) in [7, 11) is 1.70. The minimum Gasteiger partial charge on any atom is -0.496 e. The number of nitrogens with one attached hydrogen (secondary N) is 1. The highest BCUT2D eigenvalue weighted by molar-refractivity contribution is 7.10. The summed E-state index contributed by atoms with van der Waals surface area (Å²) in [5, 5.41) is 14.2. The lowest BCUT2D eigenvalue weighted by Crippen LogP contribution is -2.27. The van der Waals surface area contributed by atoms with Gasteiger partial charge in [0.1, 0.15) is 11.8 Å². The molecule has 0 aliphatic heterocycles. The molecular weight excluding hydrogens is 268 g/mol. The summed E-state index contributed by atoms with van der Waals surface area (Å²) in [5.74, 6) is 0.934. The SMILES string of the molecule is COc1ccccc1CC(C)NCc1cc(C#N)cs1. The van der Waals surface area contributed by atoms with Crippen LogP contribution >= 0.6 is 11.3 Å².